The van der Waals surface area contributed by atoms with Gasteiger partial charge >= 0.3 is 11.7 Å². The van der Waals surface area contributed by atoms with E-state index in [0.29, 0.717) is 13.0 Å². The predicted octanol–water partition coefficient (Wildman–Crippen LogP) is 1.80. The second-order valence-corrected chi connectivity index (χ2v) is 3.63. The van der Waals surface area contributed by atoms with Crippen LogP contribution in [-0.4, -0.2) is 38.3 Å². The molecule has 1 rings (SSSR count). The van der Waals surface area contributed by atoms with Gasteiger partial charge in [0.25, 0.3) is 0 Å². The molecule has 0 heterocycles. The third-order valence-corrected chi connectivity index (χ3v) is 2.33. The highest BCUT2D eigenvalue weighted by Gasteiger charge is 2.18. The number of methoxy groups -OCH3 is 2. The largest absolute Gasteiger partial charge is 0.487 e. The Morgan fingerprint density at radius 1 is 1.32 bits per heavy atom. The van der Waals surface area contributed by atoms with Crippen LogP contribution in [0.4, 0.5) is 5.69 Å². The molecule has 7 nitrogen and oxygen atoms in total. The van der Waals surface area contributed by atoms with Gasteiger partial charge in [0.1, 0.15) is 0 Å². The van der Waals surface area contributed by atoms with Crippen LogP contribution in [0, 0.1) is 10.1 Å². The molecule has 7 heteroatoms. The quantitative estimate of drug-likeness (QED) is 0.324. The van der Waals surface area contributed by atoms with Gasteiger partial charge in [0.05, 0.1) is 24.2 Å². The molecular formula is C12H15NO6. The van der Waals surface area contributed by atoms with E-state index in [1.54, 1.807) is 7.11 Å². The number of nitro groups is 1. The van der Waals surface area contributed by atoms with Gasteiger partial charge in [-0.25, -0.2) is 4.79 Å². The zero-order chi connectivity index (χ0) is 14.3. The van der Waals surface area contributed by atoms with Crippen LogP contribution in [0.25, 0.3) is 0 Å². The smallest absolute Gasteiger partial charge is 0.337 e. The van der Waals surface area contributed by atoms with E-state index in [-0.39, 0.29) is 23.6 Å². The average molecular weight is 269 g/mol. The molecule has 0 saturated heterocycles. The topological polar surface area (TPSA) is 87.9 Å². The van der Waals surface area contributed by atoms with E-state index in [9.17, 15) is 14.9 Å². The van der Waals surface area contributed by atoms with Crippen molar-refractivity contribution < 1.29 is 23.9 Å². The highest BCUT2D eigenvalue weighted by Crippen LogP contribution is 2.28. The number of benzene rings is 1. The van der Waals surface area contributed by atoms with Gasteiger partial charge in [0.15, 0.2) is 5.75 Å². The molecule has 0 spiro atoms. The van der Waals surface area contributed by atoms with E-state index >= 15 is 0 Å². The fourth-order valence-corrected chi connectivity index (χ4v) is 1.41. The van der Waals surface area contributed by atoms with Gasteiger partial charge in [0, 0.05) is 32.3 Å². The number of carbonyl (C=O) groups excluding carboxylic acids is 1. The molecule has 0 aliphatic rings. The number of rotatable bonds is 7. The fraction of sp³-hybridized carbons (Fsp3) is 0.417. The van der Waals surface area contributed by atoms with E-state index in [0.717, 1.165) is 0 Å². The summed E-state index contributed by atoms with van der Waals surface area (Å²) >= 11 is 0. The van der Waals surface area contributed by atoms with Crippen LogP contribution in [0.15, 0.2) is 18.2 Å². The summed E-state index contributed by atoms with van der Waals surface area (Å²) in [6, 6.07) is 3.85. The van der Waals surface area contributed by atoms with Gasteiger partial charge in [0.2, 0.25) is 0 Å². The first-order chi connectivity index (χ1) is 9.10. The van der Waals surface area contributed by atoms with E-state index in [4.69, 9.17) is 9.47 Å². The average Bonchev–Trinajstić information content (AvgIpc) is 2.42. The van der Waals surface area contributed by atoms with Crippen LogP contribution in [0.5, 0.6) is 5.75 Å². The number of ether oxygens (including phenoxy) is 3. The predicted molar refractivity (Wildman–Crippen MR) is 66.4 cm³/mol. The first-order valence-electron chi connectivity index (χ1n) is 5.58. The van der Waals surface area contributed by atoms with Crippen LogP contribution in [0.1, 0.15) is 16.8 Å². The van der Waals surface area contributed by atoms with Crippen molar-refractivity contribution in [2.45, 2.75) is 6.42 Å². The van der Waals surface area contributed by atoms with Crippen LogP contribution >= 0.6 is 0 Å². The Hall–Kier alpha value is -2.15. The second kappa shape index (κ2) is 7.32. The zero-order valence-electron chi connectivity index (χ0n) is 10.8. The first kappa shape index (κ1) is 14.9. The van der Waals surface area contributed by atoms with Crippen LogP contribution < -0.4 is 4.74 Å². The summed E-state index contributed by atoms with van der Waals surface area (Å²) in [7, 11) is 2.79. The minimum absolute atomic E-state index is 0.0454. The molecular weight excluding hydrogens is 254 g/mol. The Balaban J connectivity index is 2.89. The van der Waals surface area contributed by atoms with Crippen LogP contribution in [0.3, 0.4) is 0 Å². The maximum Gasteiger partial charge on any atom is 0.337 e. The molecule has 0 bridgehead atoms. The highest BCUT2D eigenvalue weighted by atomic mass is 16.6. The number of hydrogen-bond acceptors (Lipinski definition) is 6. The summed E-state index contributed by atoms with van der Waals surface area (Å²) in [5.74, 6) is -0.527. The van der Waals surface area contributed by atoms with Crippen molar-refractivity contribution in [3.05, 3.63) is 33.9 Å². The lowest BCUT2D eigenvalue weighted by Gasteiger charge is -2.08. The first-order valence-corrected chi connectivity index (χ1v) is 5.58. The molecule has 0 amide bonds. The van der Waals surface area contributed by atoms with Crippen molar-refractivity contribution in [1.82, 2.24) is 0 Å². The number of nitro benzene ring substituents is 1. The molecule has 0 aromatic heterocycles. The summed E-state index contributed by atoms with van der Waals surface area (Å²) in [6.45, 7) is 0.754. The molecule has 0 aliphatic heterocycles. The van der Waals surface area contributed by atoms with E-state index in [1.807, 2.05) is 0 Å². The van der Waals surface area contributed by atoms with Crippen molar-refractivity contribution in [2.24, 2.45) is 0 Å². The monoisotopic (exact) mass is 269 g/mol. The van der Waals surface area contributed by atoms with Crippen molar-refractivity contribution in [1.29, 1.82) is 0 Å². The highest BCUT2D eigenvalue weighted by molar-refractivity contribution is 5.90. The lowest BCUT2D eigenvalue weighted by Crippen LogP contribution is -2.06. The van der Waals surface area contributed by atoms with Crippen molar-refractivity contribution >= 4 is 11.7 Å². The molecule has 1 aromatic rings. The molecule has 19 heavy (non-hydrogen) atoms. The number of esters is 1. The summed E-state index contributed by atoms with van der Waals surface area (Å²) in [5.41, 5.74) is 0.0138. The summed E-state index contributed by atoms with van der Waals surface area (Å²) in [6.07, 6.45) is 0.593. The molecule has 0 aliphatic carbocycles. The molecule has 1 aromatic carbocycles. The molecule has 0 radical (unpaired) electrons. The third kappa shape index (κ3) is 4.22. The maximum absolute atomic E-state index is 11.4. The number of hydrogen-bond donors (Lipinski definition) is 0. The van der Waals surface area contributed by atoms with E-state index in [2.05, 4.69) is 4.74 Å². The van der Waals surface area contributed by atoms with Crippen molar-refractivity contribution in [3.63, 3.8) is 0 Å². The second-order valence-electron chi connectivity index (χ2n) is 3.63. The number of nitrogens with zero attached hydrogens (tertiary/aromatic N) is 1. The molecule has 104 valence electrons. The molecule has 0 unspecified atom stereocenters. The fourth-order valence-electron chi connectivity index (χ4n) is 1.41. The zero-order valence-corrected chi connectivity index (χ0v) is 10.8. The Morgan fingerprint density at radius 2 is 2.05 bits per heavy atom. The molecule has 0 fully saturated rings. The third-order valence-electron chi connectivity index (χ3n) is 2.33. The normalized spacial score (nSPS) is 10.0. The van der Waals surface area contributed by atoms with Gasteiger partial charge in [-0.3, -0.25) is 10.1 Å². The van der Waals surface area contributed by atoms with Crippen molar-refractivity contribution in [3.8, 4) is 5.75 Å². The van der Waals surface area contributed by atoms with Crippen LogP contribution in [-0.2, 0) is 9.47 Å². The van der Waals surface area contributed by atoms with Crippen LogP contribution in [0.2, 0.25) is 0 Å². The minimum Gasteiger partial charge on any atom is -0.487 e. The Morgan fingerprint density at radius 3 is 2.63 bits per heavy atom. The van der Waals surface area contributed by atoms with E-state index in [1.165, 1.54) is 25.3 Å². The lowest BCUT2D eigenvalue weighted by molar-refractivity contribution is -0.385. The minimum atomic E-state index is -0.573. The van der Waals surface area contributed by atoms with Gasteiger partial charge in [-0.15, -0.1) is 0 Å². The van der Waals surface area contributed by atoms with Crippen molar-refractivity contribution in [2.75, 3.05) is 27.4 Å². The SMILES string of the molecule is COCCCOc1cc(C(=O)OC)ccc1[N+](=O)[O-]. The lowest BCUT2D eigenvalue weighted by atomic mass is 10.2. The standard InChI is InChI=1S/C12H15NO6/c1-17-6-3-7-19-11-8-9(12(14)18-2)4-5-10(11)13(15)16/h4-5,8H,3,6-7H2,1-2H3. The Bertz CT molecular complexity index is 460. The summed E-state index contributed by atoms with van der Waals surface area (Å²) in [5, 5.41) is 10.8. The molecule has 0 atom stereocenters. The Kier molecular flexibility index (Phi) is 5.74. The van der Waals surface area contributed by atoms with Gasteiger partial charge < -0.3 is 14.2 Å². The van der Waals surface area contributed by atoms with E-state index < -0.39 is 10.9 Å². The van der Waals surface area contributed by atoms with Gasteiger partial charge in [-0.2, -0.15) is 0 Å². The summed E-state index contributed by atoms with van der Waals surface area (Å²) in [4.78, 5) is 21.6. The maximum atomic E-state index is 11.4. The van der Waals surface area contributed by atoms with Gasteiger partial charge in [-0.05, 0) is 6.07 Å². The number of carbonyl (C=O) groups is 1. The van der Waals surface area contributed by atoms with Gasteiger partial charge in [-0.1, -0.05) is 0 Å². The molecule has 0 saturated carbocycles. The molecule has 0 N–H and O–H groups in total. The Labute approximate surface area is 110 Å². The summed E-state index contributed by atoms with van der Waals surface area (Å²) < 4.78 is 14.7.